The first kappa shape index (κ1) is 19.9. The molecule has 1 aromatic carbocycles. The Labute approximate surface area is 171 Å². The smallest absolute Gasteiger partial charge is 0.355 e. The molecular weight excluding hydrogens is 395 g/mol. The fraction of sp³-hybridized carbons (Fsp3) is 0.286. The van der Waals surface area contributed by atoms with Gasteiger partial charge in [-0.2, -0.15) is 18.3 Å². The Morgan fingerprint density at radius 1 is 1.13 bits per heavy atom. The van der Waals surface area contributed by atoms with Crippen molar-refractivity contribution in [3.63, 3.8) is 0 Å². The van der Waals surface area contributed by atoms with Crippen LogP contribution in [0.4, 0.5) is 24.7 Å². The molecule has 1 amide bonds. The summed E-state index contributed by atoms with van der Waals surface area (Å²) in [5, 5.41) is 7.05. The molecule has 1 fully saturated rings. The van der Waals surface area contributed by atoms with Crippen LogP contribution in [0.1, 0.15) is 18.4 Å². The van der Waals surface area contributed by atoms with Crippen molar-refractivity contribution in [1.29, 1.82) is 0 Å². The fourth-order valence-electron chi connectivity index (χ4n) is 3.65. The van der Waals surface area contributed by atoms with Gasteiger partial charge in [-0.15, -0.1) is 0 Å². The molecule has 2 aromatic heterocycles. The molecule has 0 bridgehead atoms. The van der Waals surface area contributed by atoms with Gasteiger partial charge in [0.15, 0.2) is 0 Å². The highest BCUT2D eigenvalue weighted by molar-refractivity contribution is 5.93. The molecule has 6 nitrogen and oxygen atoms in total. The van der Waals surface area contributed by atoms with Gasteiger partial charge in [0.05, 0.1) is 17.2 Å². The van der Waals surface area contributed by atoms with Crippen LogP contribution in [0.2, 0.25) is 0 Å². The van der Waals surface area contributed by atoms with Crippen LogP contribution >= 0.6 is 0 Å². The molecule has 3 heterocycles. The summed E-state index contributed by atoms with van der Waals surface area (Å²) in [4.78, 5) is 18.3. The maximum absolute atomic E-state index is 13.3. The average molecular weight is 415 g/mol. The number of aromatic nitrogens is 3. The molecule has 0 spiro atoms. The first-order valence-corrected chi connectivity index (χ1v) is 9.60. The molecule has 30 heavy (non-hydrogen) atoms. The molecule has 1 unspecified atom stereocenters. The van der Waals surface area contributed by atoms with Crippen LogP contribution in [-0.4, -0.2) is 33.8 Å². The molecule has 1 saturated heterocycles. The lowest BCUT2D eigenvalue weighted by molar-refractivity contribution is -0.137. The minimum atomic E-state index is -4.49. The van der Waals surface area contributed by atoms with Gasteiger partial charge >= 0.3 is 6.18 Å². The van der Waals surface area contributed by atoms with Crippen LogP contribution in [0.25, 0.3) is 5.69 Å². The summed E-state index contributed by atoms with van der Waals surface area (Å²) in [5.41, 5.74) is 0.628. The number of rotatable bonds is 4. The highest BCUT2D eigenvalue weighted by Crippen LogP contribution is 2.36. The Bertz CT molecular complexity index is 1020. The monoisotopic (exact) mass is 415 g/mol. The average Bonchev–Trinajstić information content (AvgIpc) is 3.28. The van der Waals surface area contributed by atoms with E-state index >= 15 is 0 Å². The van der Waals surface area contributed by atoms with Gasteiger partial charge in [0.2, 0.25) is 5.91 Å². The highest BCUT2D eigenvalue weighted by Gasteiger charge is 2.37. The lowest BCUT2D eigenvalue weighted by Crippen LogP contribution is -2.42. The SMILES string of the molecule is O=C(Nc1cccc(-n2cccn2)c1)C1CCCN(c2ncccc2C(F)(F)F)C1. The van der Waals surface area contributed by atoms with E-state index in [-0.39, 0.29) is 18.3 Å². The van der Waals surface area contributed by atoms with Crippen LogP contribution < -0.4 is 10.2 Å². The molecule has 1 aliphatic rings. The Morgan fingerprint density at radius 2 is 2.00 bits per heavy atom. The van der Waals surface area contributed by atoms with E-state index in [1.807, 2.05) is 12.1 Å². The van der Waals surface area contributed by atoms with E-state index in [0.29, 0.717) is 25.1 Å². The molecule has 9 heteroatoms. The van der Waals surface area contributed by atoms with Crippen LogP contribution in [0.3, 0.4) is 0 Å². The summed E-state index contributed by atoms with van der Waals surface area (Å²) < 4.78 is 41.7. The van der Waals surface area contributed by atoms with E-state index in [9.17, 15) is 18.0 Å². The number of pyridine rings is 1. The quantitative estimate of drug-likeness (QED) is 0.696. The standard InChI is InChI=1S/C21H20F3N5O/c22-21(23,24)18-8-2-9-25-19(18)28-11-3-5-15(14-28)20(30)27-16-6-1-7-17(13-16)29-12-4-10-26-29/h1-2,4,6-10,12-13,15H,3,5,11,14H2,(H,27,30). The third-order valence-electron chi connectivity index (χ3n) is 5.07. The Morgan fingerprint density at radius 3 is 2.77 bits per heavy atom. The third-order valence-corrected chi connectivity index (χ3v) is 5.07. The number of halogens is 3. The van der Waals surface area contributed by atoms with Crippen molar-refractivity contribution in [2.45, 2.75) is 19.0 Å². The van der Waals surface area contributed by atoms with Crippen molar-refractivity contribution < 1.29 is 18.0 Å². The first-order chi connectivity index (χ1) is 14.4. The molecular formula is C21H20F3N5O. The normalized spacial score (nSPS) is 17.0. The summed E-state index contributed by atoms with van der Waals surface area (Å²) in [6, 6.07) is 11.3. The molecule has 1 N–H and O–H groups in total. The van der Waals surface area contributed by atoms with Gasteiger partial charge in [-0.3, -0.25) is 4.79 Å². The van der Waals surface area contributed by atoms with Crippen molar-refractivity contribution >= 4 is 17.4 Å². The first-order valence-electron chi connectivity index (χ1n) is 9.60. The van der Waals surface area contributed by atoms with Gasteiger partial charge in [0.1, 0.15) is 5.82 Å². The number of benzene rings is 1. The maximum Gasteiger partial charge on any atom is 0.419 e. The molecule has 0 aliphatic carbocycles. The maximum atomic E-state index is 13.3. The molecule has 0 saturated carbocycles. The number of hydrogen-bond acceptors (Lipinski definition) is 4. The second-order valence-electron chi connectivity index (χ2n) is 7.15. The Balaban J connectivity index is 1.48. The molecule has 1 aliphatic heterocycles. The number of hydrogen-bond donors (Lipinski definition) is 1. The number of amides is 1. The second-order valence-corrected chi connectivity index (χ2v) is 7.15. The lowest BCUT2D eigenvalue weighted by Gasteiger charge is -2.34. The number of carbonyl (C=O) groups excluding carboxylic acids is 1. The zero-order chi connectivity index (χ0) is 21.1. The number of piperidine rings is 1. The van der Waals surface area contributed by atoms with Crippen LogP contribution in [-0.2, 0) is 11.0 Å². The molecule has 3 aromatic rings. The van der Waals surface area contributed by atoms with Crippen molar-refractivity contribution in [1.82, 2.24) is 14.8 Å². The summed E-state index contributed by atoms with van der Waals surface area (Å²) >= 11 is 0. The summed E-state index contributed by atoms with van der Waals surface area (Å²) in [6.07, 6.45) is 1.52. The predicted molar refractivity (Wildman–Crippen MR) is 106 cm³/mol. The van der Waals surface area contributed by atoms with Crippen molar-refractivity contribution in [2.75, 3.05) is 23.3 Å². The zero-order valence-electron chi connectivity index (χ0n) is 16.0. The Hall–Kier alpha value is -3.36. The number of nitrogens with one attached hydrogen (secondary N) is 1. The summed E-state index contributed by atoms with van der Waals surface area (Å²) in [7, 11) is 0. The number of alkyl halides is 3. The zero-order valence-corrected chi connectivity index (χ0v) is 16.0. The van der Waals surface area contributed by atoms with E-state index in [1.54, 1.807) is 40.2 Å². The van der Waals surface area contributed by atoms with E-state index < -0.39 is 17.7 Å². The molecule has 4 rings (SSSR count). The van der Waals surface area contributed by atoms with Gasteiger partial charge in [-0.25, -0.2) is 9.67 Å². The fourth-order valence-corrected chi connectivity index (χ4v) is 3.65. The van der Waals surface area contributed by atoms with Crippen LogP contribution in [0, 0.1) is 5.92 Å². The van der Waals surface area contributed by atoms with Gasteiger partial charge in [-0.1, -0.05) is 6.07 Å². The van der Waals surface area contributed by atoms with Gasteiger partial charge in [0.25, 0.3) is 0 Å². The van der Waals surface area contributed by atoms with Gasteiger partial charge < -0.3 is 10.2 Å². The second kappa shape index (κ2) is 8.17. The van der Waals surface area contributed by atoms with Crippen molar-refractivity contribution in [3.8, 4) is 5.69 Å². The molecule has 156 valence electrons. The summed E-state index contributed by atoms with van der Waals surface area (Å²) in [5.74, 6) is -0.778. The summed E-state index contributed by atoms with van der Waals surface area (Å²) in [6.45, 7) is 0.615. The van der Waals surface area contributed by atoms with Crippen molar-refractivity contribution in [3.05, 3.63) is 66.6 Å². The van der Waals surface area contributed by atoms with E-state index in [0.717, 1.165) is 11.8 Å². The van der Waals surface area contributed by atoms with Crippen LogP contribution in [0.5, 0.6) is 0 Å². The lowest BCUT2D eigenvalue weighted by atomic mass is 9.96. The Kier molecular flexibility index (Phi) is 5.43. The van der Waals surface area contributed by atoms with Gasteiger partial charge in [-0.05, 0) is 49.2 Å². The van der Waals surface area contributed by atoms with E-state index in [1.165, 1.54) is 12.3 Å². The van der Waals surface area contributed by atoms with E-state index in [4.69, 9.17) is 0 Å². The molecule has 0 radical (unpaired) electrons. The number of carbonyl (C=O) groups is 1. The molecule has 1 atom stereocenters. The van der Waals surface area contributed by atoms with Crippen molar-refractivity contribution in [2.24, 2.45) is 5.92 Å². The van der Waals surface area contributed by atoms with Gasteiger partial charge in [0, 0.05) is 37.4 Å². The predicted octanol–water partition coefficient (Wildman–Crippen LogP) is 4.14. The van der Waals surface area contributed by atoms with E-state index in [2.05, 4.69) is 15.4 Å². The van der Waals surface area contributed by atoms with Crippen LogP contribution in [0.15, 0.2) is 61.1 Å². The minimum Gasteiger partial charge on any atom is -0.355 e. The largest absolute Gasteiger partial charge is 0.419 e. The number of anilines is 2. The minimum absolute atomic E-state index is 0.122. The number of nitrogens with zero attached hydrogens (tertiary/aromatic N) is 4. The topological polar surface area (TPSA) is 63.1 Å². The highest BCUT2D eigenvalue weighted by atomic mass is 19.4. The third kappa shape index (κ3) is 4.29.